The summed E-state index contributed by atoms with van der Waals surface area (Å²) in [6.07, 6.45) is 1.67. The number of anilines is 1. The van der Waals surface area contributed by atoms with Crippen molar-refractivity contribution in [3.8, 4) is 17.0 Å². The molecular formula is C14H18FN3O. The number of imidazole rings is 1. The second-order valence-corrected chi connectivity index (χ2v) is 5.37. The number of halogens is 1. The van der Waals surface area contributed by atoms with Gasteiger partial charge in [-0.15, -0.1) is 0 Å². The average molecular weight is 263 g/mol. The molecule has 0 fully saturated rings. The van der Waals surface area contributed by atoms with Crippen LogP contribution in [-0.4, -0.2) is 16.7 Å². The van der Waals surface area contributed by atoms with Crippen LogP contribution in [0, 0.1) is 5.82 Å². The number of nitrogens with zero attached hydrogens (tertiary/aromatic N) is 2. The van der Waals surface area contributed by atoms with Gasteiger partial charge in [0.2, 0.25) is 0 Å². The van der Waals surface area contributed by atoms with Gasteiger partial charge in [0.15, 0.2) is 11.6 Å². The topological polar surface area (TPSA) is 53.1 Å². The molecule has 1 aromatic carbocycles. The number of hydrogen-bond donors (Lipinski definition) is 1. The molecule has 19 heavy (non-hydrogen) atoms. The predicted octanol–water partition coefficient (Wildman–Crippen LogP) is 3.04. The molecule has 0 unspecified atom stereocenters. The van der Waals surface area contributed by atoms with E-state index in [2.05, 4.69) is 4.98 Å². The Morgan fingerprint density at radius 2 is 2.00 bits per heavy atom. The van der Waals surface area contributed by atoms with Crippen molar-refractivity contribution in [1.82, 2.24) is 9.55 Å². The van der Waals surface area contributed by atoms with Crippen molar-refractivity contribution in [3.05, 3.63) is 30.3 Å². The zero-order valence-electron chi connectivity index (χ0n) is 11.6. The molecule has 0 aliphatic rings. The molecule has 1 aromatic heterocycles. The second-order valence-electron chi connectivity index (χ2n) is 5.37. The Labute approximate surface area is 112 Å². The second kappa shape index (κ2) is 4.57. The molecule has 0 spiro atoms. The van der Waals surface area contributed by atoms with Crippen LogP contribution in [0.5, 0.6) is 5.75 Å². The van der Waals surface area contributed by atoms with E-state index in [4.69, 9.17) is 10.5 Å². The van der Waals surface area contributed by atoms with Crippen LogP contribution in [0.15, 0.2) is 24.5 Å². The highest BCUT2D eigenvalue weighted by Gasteiger charge is 2.19. The highest BCUT2D eigenvalue weighted by Crippen LogP contribution is 2.31. The van der Waals surface area contributed by atoms with E-state index in [1.54, 1.807) is 18.5 Å². The molecule has 2 rings (SSSR count). The van der Waals surface area contributed by atoms with Gasteiger partial charge in [0, 0.05) is 11.1 Å². The third-order valence-electron chi connectivity index (χ3n) is 2.95. The third-order valence-corrected chi connectivity index (χ3v) is 2.95. The number of hydrogen-bond acceptors (Lipinski definition) is 3. The Bertz CT molecular complexity index is 599. The van der Waals surface area contributed by atoms with Gasteiger partial charge in [-0.1, -0.05) is 0 Å². The molecule has 0 saturated carbocycles. The average Bonchev–Trinajstić information content (AvgIpc) is 2.70. The molecule has 2 aromatic rings. The molecular weight excluding hydrogens is 245 g/mol. The summed E-state index contributed by atoms with van der Waals surface area (Å²) in [5, 5.41) is 0. The standard InChI is InChI=1S/C14H18FN3O/c1-14(2,3)18-8-17-12(13(18)16)9-5-6-11(19-4)10(15)7-9/h5-8H,16H2,1-4H3. The van der Waals surface area contributed by atoms with Crippen molar-refractivity contribution in [2.45, 2.75) is 26.3 Å². The largest absolute Gasteiger partial charge is 0.494 e. The van der Waals surface area contributed by atoms with Crippen molar-refractivity contribution in [3.63, 3.8) is 0 Å². The Morgan fingerprint density at radius 1 is 1.32 bits per heavy atom. The summed E-state index contributed by atoms with van der Waals surface area (Å²) in [5.41, 5.74) is 7.14. The number of ether oxygens (including phenoxy) is 1. The van der Waals surface area contributed by atoms with Crippen LogP contribution in [0.1, 0.15) is 20.8 Å². The fourth-order valence-electron chi connectivity index (χ4n) is 1.93. The van der Waals surface area contributed by atoms with E-state index < -0.39 is 5.82 Å². The highest BCUT2D eigenvalue weighted by atomic mass is 19.1. The predicted molar refractivity (Wildman–Crippen MR) is 73.6 cm³/mol. The van der Waals surface area contributed by atoms with Crippen LogP contribution in [0.25, 0.3) is 11.3 Å². The summed E-state index contributed by atoms with van der Waals surface area (Å²) in [4.78, 5) is 4.28. The van der Waals surface area contributed by atoms with Gasteiger partial charge >= 0.3 is 0 Å². The number of nitrogens with two attached hydrogens (primary N) is 1. The Balaban J connectivity index is 2.49. The maximum absolute atomic E-state index is 13.7. The first kappa shape index (κ1) is 13.4. The molecule has 0 amide bonds. The zero-order chi connectivity index (χ0) is 14.2. The molecule has 0 atom stereocenters. The number of methoxy groups -OCH3 is 1. The summed E-state index contributed by atoms with van der Waals surface area (Å²) in [6.45, 7) is 6.09. The van der Waals surface area contributed by atoms with Crippen LogP contribution in [0.2, 0.25) is 0 Å². The minimum atomic E-state index is -0.426. The molecule has 0 aliphatic carbocycles. The number of nitrogen functional groups attached to an aromatic ring is 1. The minimum Gasteiger partial charge on any atom is -0.494 e. The van der Waals surface area contributed by atoms with Gasteiger partial charge in [-0.25, -0.2) is 9.37 Å². The molecule has 0 saturated heterocycles. The van der Waals surface area contributed by atoms with Crippen molar-refractivity contribution >= 4 is 5.82 Å². The van der Waals surface area contributed by atoms with E-state index in [1.807, 2.05) is 25.3 Å². The van der Waals surface area contributed by atoms with Gasteiger partial charge in [0.25, 0.3) is 0 Å². The lowest BCUT2D eigenvalue weighted by atomic mass is 10.1. The number of aromatic nitrogens is 2. The SMILES string of the molecule is COc1ccc(-c2ncn(C(C)(C)C)c2N)cc1F. The summed E-state index contributed by atoms with van der Waals surface area (Å²) in [5.74, 6) is 0.305. The number of benzene rings is 1. The van der Waals surface area contributed by atoms with E-state index in [1.165, 1.54) is 13.2 Å². The monoisotopic (exact) mass is 263 g/mol. The molecule has 2 N–H and O–H groups in total. The van der Waals surface area contributed by atoms with E-state index in [-0.39, 0.29) is 11.3 Å². The fraction of sp³-hybridized carbons (Fsp3) is 0.357. The molecule has 102 valence electrons. The maximum Gasteiger partial charge on any atom is 0.165 e. The Morgan fingerprint density at radius 3 is 2.47 bits per heavy atom. The summed E-state index contributed by atoms with van der Waals surface area (Å²) < 4.78 is 20.5. The molecule has 0 aliphatic heterocycles. The quantitative estimate of drug-likeness (QED) is 0.906. The van der Waals surface area contributed by atoms with Crippen LogP contribution >= 0.6 is 0 Å². The van der Waals surface area contributed by atoms with Crippen molar-refractivity contribution in [2.75, 3.05) is 12.8 Å². The highest BCUT2D eigenvalue weighted by molar-refractivity contribution is 5.71. The van der Waals surface area contributed by atoms with Gasteiger partial charge < -0.3 is 15.0 Å². The molecule has 0 radical (unpaired) electrons. The van der Waals surface area contributed by atoms with Crippen LogP contribution < -0.4 is 10.5 Å². The lowest BCUT2D eigenvalue weighted by Gasteiger charge is -2.22. The molecule has 1 heterocycles. The van der Waals surface area contributed by atoms with Gasteiger partial charge in [-0.05, 0) is 39.0 Å². The Kier molecular flexibility index (Phi) is 3.22. The first-order valence-electron chi connectivity index (χ1n) is 6.02. The van der Waals surface area contributed by atoms with Crippen LogP contribution in [0.4, 0.5) is 10.2 Å². The zero-order valence-corrected chi connectivity index (χ0v) is 11.6. The van der Waals surface area contributed by atoms with E-state index in [0.29, 0.717) is 17.1 Å². The van der Waals surface area contributed by atoms with Crippen LogP contribution in [-0.2, 0) is 5.54 Å². The Hall–Kier alpha value is -2.04. The molecule has 4 nitrogen and oxygen atoms in total. The van der Waals surface area contributed by atoms with Gasteiger partial charge in [0.1, 0.15) is 11.5 Å². The van der Waals surface area contributed by atoms with Crippen molar-refractivity contribution in [2.24, 2.45) is 0 Å². The summed E-state index contributed by atoms with van der Waals surface area (Å²) in [6, 6.07) is 4.69. The first-order chi connectivity index (χ1) is 8.84. The van der Waals surface area contributed by atoms with Gasteiger partial charge in [0.05, 0.1) is 13.4 Å². The van der Waals surface area contributed by atoms with Gasteiger partial charge in [-0.2, -0.15) is 0 Å². The smallest absolute Gasteiger partial charge is 0.165 e. The first-order valence-corrected chi connectivity index (χ1v) is 6.02. The van der Waals surface area contributed by atoms with Crippen LogP contribution in [0.3, 0.4) is 0 Å². The van der Waals surface area contributed by atoms with E-state index in [9.17, 15) is 4.39 Å². The summed E-state index contributed by atoms with van der Waals surface area (Å²) in [7, 11) is 1.43. The van der Waals surface area contributed by atoms with Crippen molar-refractivity contribution in [1.29, 1.82) is 0 Å². The maximum atomic E-state index is 13.7. The van der Waals surface area contributed by atoms with Gasteiger partial charge in [-0.3, -0.25) is 0 Å². The lowest BCUT2D eigenvalue weighted by Crippen LogP contribution is -2.22. The third kappa shape index (κ3) is 2.41. The number of rotatable bonds is 2. The van der Waals surface area contributed by atoms with E-state index in [0.717, 1.165) is 0 Å². The minimum absolute atomic E-state index is 0.166. The van der Waals surface area contributed by atoms with Crippen molar-refractivity contribution < 1.29 is 9.13 Å². The fourth-order valence-corrected chi connectivity index (χ4v) is 1.93. The normalized spacial score (nSPS) is 11.6. The summed E-state index contributed by atoms with van der Waals surface area (Å²) >= 11 is 0. The molecule has 0 bridgehead atoms. The van der Waals surface area contributed by atoms with E-state index >= 15 is 0 Å². The lowest BCUT2D eigenvalue weighted by molar-refractivity contribution is 0.386. The molecule has 5 heteroatoms.